The van der Waals surface area contributed by atoms with Crippen LogP contribution in [0.1, 0.15) is 34.0 Å². The highest BCUT2D eigenvalue weighted by molar-refractivity contribution is 7.12. The van der Waals surface area contributed by atoms with Crippen molar-refractivity contribution in [3.63, 3.8) is 0 Å². The predicted molar refractivity (Wildman–Crippen MR) is 78.2 cm³/mol. The maximum atomic E-state index is 6.03. The van der Waals surface area contributed by atoms with Gasteiger partial charge in [0.2, 0.25) is 0 Å². The molecule has 0 radical (unpaired) electrons. The average Bonchev–Trinajstić information content (AvgIpc) is 2.73. The first kappa shape index (κ1) is 13.0. The van der Waals surface area contributed by atoms with Gasteiger partial charge in [-0.1, -0.05) is 0 Å². The van der Waals surface area contributed by atoms with Crippen molar-refractivity contribution < 1.29 is 0 Å². The van der Waals surface area contributed by atoms with Gasteiger partial charge < -0.3 is 11.1 Å². The van der Waals surface area contributed by atoms with Crippen LogP contribution in [-0.2, 0) is 7.05 Å². The van der Waals surface area contributed by atoms with E-state index in [0.29, 0.717) is 0 Å². The highest BCUT2D eigenvalue weighted by atomic mass is 32.1. The Bertz CT molecular complexity index is 568. The minimum Gasteiger partial charge on any atom is -0.394 e. The quantitative estimate of drug-likeness (QED) is 0.895. The van der Waals surface area contributed by atoms with E-state index in [1.54, 1.807) is 4.68 Å². The molecule has 2 heterocycles. The van der Waals surface area contributed by atoms with Gasteiger partial charge in [-0.05, 0) is 39.3 Å². The van der Waals surface area contributed by atoms with Gasteiger partial charge >= 0.3 is 0 Å². The van der Waals surface area contributed by atoms with Crippen LogP contribution in [0.5, 0.6) is 0 Å². The third-order valence-corrected chi connectivity index (χ3v) is 4.15. The number of aromatic nitrogens is 2. The number of nitrogens with one attached hydrogen (secondary N) is 1. The Kier molecular flexibility index (Phi) is 3.34. The standard InChI is InChI=1S/C13H20N4S/c1-7-6-11(10(4)18-7)8(2)15-13-12(14)9(3)16-17(13)5/h6,8,15H,14H2,1-5H3. The number of nitrogens with zero attached hydrogens (tertiary/aromatic N) is 2. The molecular weight excluding hydrogens is 244 g/mol. The first-order valence-corrected chi connectivity index (χ1v) is 6.84. The molecule has 0 saturated heterocycles. The molecular formula is C13H20N4S. The first-order valence-electron chi connectivity index (χ1n) is 6.02. The monoisotopic (exact) mass is 264 g/mol. The van der Waals surface area contributed by atoms with Crippen molar-refractivity contribution in [2.24, 2.45) is 7.05 Å². The van der Waals surface area contributed by atoms with E-state index >= 15 is 0 Å². The molecule has 0 amide bonds. The normalized spacial score (nSPS) is 12.7. The molecule has 0 aliphatic rings. The number of anilines is 2. The molecule has 3 N–H and O–H groups in total. The second-order valence-corrected chi connectivity index (χ2v) is 6.17. The number of hydrogen-bond donors (Lipinski definition) is 2. The summed E-state index contributed by atoms with van der Waals surface area (Å²) >= 11 is 1.83. The maximum Gasteiger partial charge on any atom is 0.148 e. The lowest BCUT2D eigenvalue weighted by Crippen LogP contribution is -2.11. The Morgan fingerprint density at radius 3 is 2.50 bits per heavy atom. The van der Waals surface area contributed by atoms with Crippen LogP contribution in [-0.4, -0.2) is 9.78 Å². The number of rotatable bonds is 3. The van der Waals surface area contributed by atoms with E-state index in [9.17, 15) is 0 Å². The zero-order valence-electron chi connectivity index (χ0n) is 11.5. The summed E-state index contributed by atoms with van der Waals surface area (Å²) in [5.74, 6) is 0.892. The van der Waals surface area contributed by atoms with Crippen LogP contribution in [0.2, 0.25) is 0 Å². The Balaban J connectivity index is 2.26. The molecule has 0 saturated carbocycles. The van der Waals surface area contributed by atoms with E-state index < -0.39 is 0 Å². The van der Waals surface area contributed by atoms with Crippen LogP contribution in [0.15, 0.2) is 6.07 Å². The van der Waals surface area contributed by atoms with E-state index in [2.05, 4.69) is 37.3 Å². The molecule has 18 heavy (non-hydrogen) atoms. The molecule has 0 aliphatic carbocycles. The third-order valence-electron chi connectivity index (χ3n) is 3.17. The maximum absolute atomic E-state index is 6.03. The predicted octanol–water partition coefficient (Wildman–Crippen LogP) is 3.16. The smallest absolute Gasteiger partial charge is 0.148 e. The molecule has 1 atom stereocenters. The molecule has 0 spiro atoms. The van der Waals surface area contributed by atoms with Crippen molar-refractivity contribution >= 4 is 22.8 Å². The topological polar surface area (TPSA) is 55.9 Å². The number of nitrogens with two attached hydrogens (primary N) is 1. The lowest BCUT2D eigenvalue weighted by atomic mass is 10.1. The van der Waals surface area contributed by atoms with Gasteiger partial charge in [-0.3, -0.25) is 4.68 Å². The molecule has 5 heteroatoms. The number of hydrogen-bond acceptors (Lipinski definition) is 4. The molecule has 1 unspecified atom stereocenters. The van der Waals surface area contributed by atoms with Gasteiger partial charge in [0.15, 0.2) is 0 Å². The first-order chi connectivity index (χ1) is 8.40. The molecule has 2 rings (SSSR count). The van der Waals surface area contributed by atoms with Crippen LogP contribution in [0.3, 0.4) is 0 Å². The molecule has 0 bridgehead atoms. The minimum atomic E-state index is 0.229. The van der Waals surface area contributed by atoms with Gasteiger partial charge in [-0.25, -0.2) is 0 Å². The fraction of sp³-hybridized carbons (Fsp3) is 0.462. The Hall–Kier alpha value is -1.49. The summed E-state index contributed by atoms with van der Waals surface area (Å²) in [4.78, 5) is 2.69. The summed E-state index contributed by atoms with van der Waals surface area (Å²) in [5, 5.41) is 7.77. The summed E-state index contributed by atoms with van der Waals surface area (Å²) in [6.45, 7) is 8.36. The van der Waals surface area contributed by atoms with E-state index in [4.69, 9.17) is 5.73 Å². The SMILES string of the molecule is Cc1cc(C(C)Nc2c(N)c(C)nn2C)c(C)s1. The molecule has 98 valence electrons. The van der Waals surface area contributed by atoms with Crippen molar-refractivity contribution in [1.82, 2.24) is 9.78 Å². The molecule has 0 aromatic carbocycles. The summed E-state index contributed by atoms with van der Waals surface area (Å²) in [6, 6.07) is 2.46. The van der Waals surface area contributed by atoms with Crippen LogP contribution in [0, 0.1) is 20.8 Å². The van der Waals surface area contributed by atoms with Gasteiger partial charge in [-0.2, -0.15) is 5.10 Å². The summed E-state index contributed by atoms with van der Waals surface area (Å²) in [5.41, 5.74) is 8.96. The zero-order valence-corrected chi connectivity index (χ0v) is 12.4. The van der Waals surface area contributed by atoms with E-state index in [-0.39, 0.29) is 6.04 Å². The van der Waals surface area contributed by atoms with Crippen LogP contribution >= 0.6 is 11.3 Å². The zero-order chi connectivity index (χ0) is 13.4. The van der Waals surface area contributed by atoms with Gasteiger partial charge in [-0.15, -0.1) is 11.3 Å². The lowest BCUT2D eigenvalue weighted by molar-refractivity contribution is 0.742. The highest BCUT2D eigenvalue weighted by Gasteiger charge is 2.16. The number of nitrogen functional groups attached to an aromatic ring is 1. The van der Waals surface area contributed by atoms with Crippen molar-refractivity contribution in [3.8, 4) is 0 Å². The lowest BCUT2D eigenvalue weighted by Gasteiger charge is -2.16. The van der Waals surface area contributed by atoms with E-state index in [1.807, 2.05) is 25.3 Å². The van der Waals surface area contributed by atoms with Crippen molar-refractivity contribution in [2.75, 3.05) is 11.1 Å². The molecule has 0 fully saturated rings. The summed E-state index contributed by atoms with van der Waals surface area (Å²) in [7, 11) is 1.91. The fourth-order valence-corrected chi connectivity index (χ4v) is 3.23. The molecule has 2 aromatic rings. The van der Waals surface area contributed by atoms with Crippen molar-refractivity contribution in [1.29, 1.82) is 0 Å². The fourth-order valence-electron chi connectivity index (χ4n) is 2.21. The molecule has 4 nitrogen and oxygen atoms in total. The van der Waals surface area contributed by atoms with Crippen LogP contribution < -0.4 is 11.1 Å². The van der Waals surface area contributed by atoms with Crippen LogP contribution in [0.4, 0.5) is 11.5 Å². The molecule has 2 aromatic heterocycles. The summed E-state index contributed by atoms with van der Waals surface area (Å²) < 4.78 is 1.80. The van der Waals surface area contributed by atoms with E-state index in [1.165, 1.54) is 15.3 Å². The average molecular weight is 264 g/mol. The van der Waals surface area contributed by atoms with Crippen molar-refractivity contribution in [2.45, 2.75) is 33.7 Å². The summed E-state index contributed by atoms with van der Waals surface area (Å²) in [6.07, 6.45) is 0. The van der Waals surface area contributed by atoms with Crippen LogP contribution in [0.25, 0.3) is 0 Å². The van der Waals surface area contributed by atoms with Gasteiger partial charge in [0.1, 0.15) is 5.82 Å². The second-order valence-electron chi connectivity index (χ2n) is 4.71. The number of aryl methyl sites for hydroxylation is 4. The van der Waals surface area contributed by atoms with Crippen molar-refractivity contribution in [3.05, 3.63) is 27.1 Å². The minimum absolute atomic E-state index is 0.229. The largest absolute Gasteiger partial charge is 0.394 e. The van der Waals surface area contributed by atoms with Gasteiger partial charge in [0.05, 0.1) is 17.4 Å². The van der Waals surface area contributed by atoms with Gasteiger partial charge in [0, 0.05) is 16.8 Å². The number of thiophene rings is 1. The Morgan fingerprint density at radius 2 is 2.06 bits per heavy atom. The third kappa shape index (κ3) is 2.22. The Labute approximate surface area is 112 Å². The van der Waals surface area contributed by atoms with Gasteiger partial charge in [0.25, 0.3) is 0 Å². The van der Waals surface area contributed by atoms with E-state index in [0.717, 1.165) is 17.2 Å². The second kappa shape index (κ2) is 4.65. The highest BCUT2D eigenvalue weighted by Crippen LogP contribution is 2.30. The molecule has 0 aliphatic heterocycles. The Morgan fingerprint density at radius 1 is 1.39 bits per heavy atom.